The van der Waals surface area contributed by atoms with Crippen LogP contribution in [0, 0.1) is 0 Å². The average Bonchev–Trinajstić information content (AvgIpc) is 2.06. The van der Waals surface area contributed by atoms with Crippen molar-refractivity contribution in [2.75, 3.05) is 0 Å². The summed E-state index contributed by atoms with van der Waals surface area (Å²) in [6.07, 6.45) is -5.65. The zero-order valence-corrected chi connectivity index (χ0v) is 7.62. The van der Waals surface area contributed by atoms with E-state index in [0.717, 1.165) is 12.1 Å². The van der Waals surface area contributed by atoms with Gasteiger partial charge in [0.15, 0.2) is 0 Å². The molecule has 0 aliphatic carbocycles. The van der Waals surface area contributed by atoms with Crippen molar-refractivity contribution in [1.29, 1.82) is 0 Å². The van der Waals surface area contributed by atoms with E-state index in [9.17, 15) is 18.3 Å². The van der Waals surface area contributed by atoms with Gasteiger partial charge >= 0.3 is 6.18 Å². The van der Waals surface area contributed by atoms with Crippen molar-refractivity contribution in [3.05, 3.63) is 23.8 Å². The SMILES string of the molecule is N[C@@H](CC(F)(F)F)c1cc(O)ccc1O. The second-order valence-electron chi connectivity index (χ2n) is 3.17. The topological polar surface area (TPSA) is 66.5 Å². The van der Waals surface area contributed by atoms with Gasteiger partial charge in [-0.1, -0.05) is 0 Å². The lowest BCUT2D eigenvalue weighted by molar-refractivity contribution is -0.138. The summed E-state index contributed by atoms with van der Waals surface area (Å²) < 4.78 is 36.0. The molecule has 0 aromatic heterocycles. The van der Waals surface area contributed by atoms with Gasteiger partial charge in [0, 0.05) is 11.6 Å². The second-order valence-corrected chi connectivity index (χ2v) is 3.17. The molecule has 3 nitrogen and oxygen atoms in total. The molecule has 0 saturated carbocycles. The molecular weight excluding hydrogens is 211 g/mol. The minimum atomic E-state index is -4.41. The highest BCUT2D eigenvalue weighted by molar-refractivity contribution is 5.40. The summed E-state index contributed by atoms with van der Waals surface area (Å²) in [5, 5.41) is 18.3. The molecule has 4 N–H and O–H groups in total. The van der Waals surface area contributed by atoms with E-state index in [0.29, 0.717) is 0 Å². The van der Waals surface area contributed by atoms with Crippen molar-refractivity contribution in [3.8, 4) is 11.5 Å². The summed E-state index contributed by atoms with van der Waals surface area (Å²) >= 11 is 0. The molecule has 0 fully saturated rings. The molecule has 1 rings (SSSR count). The van der Waals surface area contributed by atoms with Gasteiger partial charge in [-0.15, -0.1) is 0 Å². The first-order chi connectivity index (χ1) is 6.79. The number of hydrogen-bond donors (Lipinski definition) is 3. The predicted molar refractivity (Wildman–Crippen MR) is 47.4 cm³/mol. The van der Waals surface area contributed by atoms with Gasteiger partial charge in [-0.3, -0.25) is 0 Å². The van der Waals surface area contributed by atoms with Crippen LogP contribution in [-0.4, -0.2) is 16.4 Å². The molecule has 15 heavy (non-hydrogen) atoms. The Bertz CT molecular complexity index is 352. The lowest BCUT2D eigenvalue weighted by atomic mass is 10.0. The molecule has 1 aromatic rings. The zero-order chi connectivity index (χ0) is 11.6. The fraction of sp³-hybridized carbons (Fsp3) is 0.333. The smallest absolute Gasteiger partial charge is 0.390 e. The van der Waals surface area contributed by atoms with E-state index < -0.39 is 18.6 Å². The van der Waals surface area contributed by atoms with Crippen molar-refractivity contribution in [3.63, 3.8) is 0 Å². The predicted octanol–water partition coefficient (Wildman–Crippen LogP) is 2.05. The van der Waals surface area contributed by atoms with Crippen LogP contribution in [0.15, 0.2) is 18.2 Å². The first-order valence-corrected chi connectivity index (χ1v) is 4.14. The van der Waals surface area contributed by atoms with Gasteiger partial charge < -0.3 is 15.9 Å². The normalized spacial score (nSPS) is 13.9. The van der Waals surface area contributed by atoms with Crippen LogP contribution in [0.4, 0.5) is 13.2 Å². The van der Waals surface area contributed by atoms with Crippen LogP contribution in [0.2, 0.25) is 0 Å². The molecule has 0 spiro atoms. The Morgan fingerprint density at radius 2 is 1.87 bits per heavy atom. The highest BCUT2D eigenvalue weighted by Gasteiger charge is 2.31. The Morgan fingerprint density at radius 3 is 2.40 bits per heavy atom. The Labute approximate surface area is 84.0 Å². The van der Waals surface area contributed by atoms with Crippen LogP contribution in [0.3, 0.4) is 0 Å². The Balaban J connectivity index is 2.90. The van der Waals surface area contributed by atoms with Crippen LogP contribution in [-0.2, 0) is 0 Å². The van der Waals surface area contributed by atoms with Crippen LogP contribution >= 0.6 is 0 Å². The standard InChI is InChI=1S/C9H10F3NO2/c10-9(11,12)4-7(13)6-3-5(14)1-2-8(6)15/h1-3,7,14-15H,4,13H2/t7-/m0/s1. The lowest BCUT2D eigenvalue weighted by Crippen LogP contribution is -2.20. The summed E-state index contributed by atoms with van der Waals surface area (Å²) in [6, 6.07) is 1.91. The van der Waals surface area contributed by atoms with Crippen molar-refractivity contribution in [1.82, 2.24) is 0 Å². The second kappa shape index (κ2) is 3.98. The van der Waals surface area contributed by atoms with Gasteiger partial charge in [0.1, 0.15) is 11.5 Å². The van der Waals surface area contributed by atoms with Crippen molar-refractivity contribution in [2.24, 2.45) is 5.73 Å². The Morgan fingerprint density at radius 1 is 1.27 bits per heavy atom. The summed E-state index contributed by atoms with van der Waals surface area (Å²) in [7, 11) is 0. The lowest BCUT2D eigenvalue weighted by Gasteiger charge is -2.15. The minimum Gasteiger partial charge on any atom is -0.508 e. The van der Waals surface area contributed by atoms with E-state index in [1.54, 1.807) is 0 Å². The van der Waals surface area contributed by atoms with E-state index in [-0.39, 0.29) is 17.1 Å². The first kappa shape index (κ1) is 11.6. The number of rotatable bonds is 2. The van der Waals surface area contributed by atoms with E-state index in [4.69, 9.17) is 10.8 Å². The Kier molecular flexibility index (Phi) is 3.09. The third-order valence-corrected chi connectivity index (χ3v) is 1.86. The molecule has 6 heteroatoms. The molecular formula is C9H10F3NO2. The molecule has 0 unspecified atom stereocenters. The van der Waals surface area contributed by atoms with Gasteiger partial charge in [-0.25, -0.2) is 0 Å². The number of alkyl halides is 3. The maximum atomic E-state index is 12.0. The summed E-state index contributed by atoms with van der Waals surface area (Å²) in [6.45, 7) is 0. The van der Waals surface area contributed by atoms with Crippen LogP contribution < -0.4 is 5.73 Å². The number of nitrogens with two attached hydrogens (primary N) is 1. The van der Waals surface area contributed by atoms with Gasteiger partial charge in [0.2, 0.25) is 0 Å². The zero-order valence-electron chi connectivity index (χ0n) is 7.62. The Hall–Kier alpha value is -1.43. The van der Waals surface area contributed by atoms with E-state index >= 15 is 0 Å². The highest BCUT2D eigenvalue weighted by Crippen LogP contribution is 2.33. The minimum absolute atomic E-state index is 0.118. The van der Waals surface area contributed by atoms with Crippen molar-refractivity contribution in [2.45, 2.75) is 18.6 Å². The quantitative estimate of drug-likeness (QED) is 0.669. The largest absolute Gasteiger partial charge is 0.508 e. The van der Waals surface area contributed by atoms with Gasteiger partial charge in [0.25, 0.3) is 0 Å². The summed E-state index contributed by atoms with van der Waals surface area (Å²) in [5.74, 6) is -0.593. The van der Waals surface area contributed by atoms with Crippen molar-refractivity contribution >= 4 is 0 Å². The summed E-state index contributed by atoms with van der Waals surface area (Å²) in [5.41, 5.74) is 5.14. The molecule has 1 atom stereocenters. The number of phenols is 2. The molecule has 0 saturated heterocycles. The van der Waals surface area contributed by atoms with E-state index in [1.807, 2.05) is 0 Å². The summed E-state index contributed by atoms with van der Waals surface area (Å²) in [4.78, 5) is 0. The molecule has 0 amide bonds. The van der Waals surface area contributed by atoms with Crippen LogP contribution in [0.1, 0.15) is 18.0 Å². The highest BCUT2D eigenvalue weighted by atomic mass is 19.4. The molecule has 0 aliphatic rings. The molecule has 0 radical (unpaired) electrons. The molecule has 0 aliphatic heterocycles. The molecule has 0 heterocycles. The number of phenolic OH excluding ortho intramolecular Hbond substituents is 2. The van der Waals surface area contributed by atoms with E-state index in [1.165, 1.54) is 6.07 Å². The van der Waals surface area contributed by atoms with Crippen LogP contribution in [0.5, 0.6) is 11.5 Å². The monoisotopic (exact) mass is 221 g/mol. The number of hydrogen-bond acceptors (Lipinski definition) is 3. The maximum absolute atomic E-state index is 12.0. The number of aromatic hydroxyl groups is 2. The van der Waals surface area contributed by atoms with Gasteiger partial charge in [0.05, 0.1) is 6.42 Å². The molecule has 1 aromatic carbocycles. The average molecular weight is 221 g/mol. The maximum Gasteiger partial charge on any atom is 0.390 e. The third-order valence-electron chi connectivity index (χ3n) is 1.86. The third kappa shape index (κ3) is 3.32. The van der Waals surface area contributed by atoms with E-state index in [2.05, 4.69) is 0 Å². The molecule has 84 valence electrons. The first-order valence-electron chi connectivity index (χ1n) is 4.14. The number of benzene rings is 1. The van der Waals surface area contributed by atoms with Gasteiger partial charge in [-0.05, 0) is 18.2 Å². The molecule has 0 bridgehead atoms. The van der Waals surface area contributed by atoms with Gasteiger partial charge in [-0.2, -0.15) is 13.2 Å². The fourth-order valence-corrected chi connectivity index (χ4v) is 1.20. The van der Waals surface area contributed by atoms with Crippen molar-refractivity contribution < 1.29 is 23.4 Å². The van der Waals surface area contributed by atoms with Crippen LogP contribution in [0.25, 0.3) is 0 Å². The fourth-order valence-electron chi connectivity index (χ4n) is 1.20. The number of halogens is 3.